The predicted molar refractivity (Wildman–Crippen MR) is 72.7 cm³/mol. The summed E-state index contributed by atoms with van der Waals surface area (Å²) < 4.78 is 0. The summed E-state index contributed by atoms with van der Waals surface area (Å²) in [6, 6.07) is 11.3. The number of benzene rings is 1. The van der Waals surface area contributed by atoms with Crippen LogP contribution in [-0.2, 0) is 6.54 Å². The molecule has 0 radical (unpaired) electrons. The molecule has 1 nitrogen and oxygen atoms in total. The Kier molecular flexibility index (Phi) is 4.61. The summed E-state index contributed by atoms with van der Waals surface area (Å²) in [6.07, 6.45) is 7.19. The fourth-order valence-electron chi connectivity index (χ4n) is 2.67. The first-order valence-corrected chi connectivity index (χ1v) is 6.52. The zero-order chi connectivity index (χ0) is 11.9. The lowest BCUT2D eigenvalue weighted by molar-refractivity contribution is 0.402. The fraction of sp³-hybridized carbons (Fsp3) is 0.438. The molecule has 2 rings (SSSR count). The van der Waals surface area contributed by atoms with Gasteiger partial charge in [-0.05, 0) is 36.8 Å². The van der Waals surface area contributed by atoms with Gasteiger partial charge in [0.1, 0.15) is 0 Å². The molecule has 1 N–H and O–H groups in total. The first-order chi connectivity index (χ1) is 8.40. The van der Waals surface area contributed by atoms with E-state index < -0.39 is 0 Å². The van der Waals surface area contributed by atoms with Crippen LogP contribution < -0.4 is 5.32 Å². The second-order valence-corrected chi connectivity index (χ2v) is 4.81. The molecule has 0 unspecified atom stereocenters. The zero-order valence-corrected chi connectivity index (χ0v) is 10.4. The van der Waals surface area contributed by atoms with Gasteiger partial charge in [0.2, 0.25) is 0 Å². The predicted octanol–water partition coefficient (Wildman–Crippen LogP) is 3.68. The number of hydrogen-bond donors (Lipinski definition) is 1. The fourth-order valence-corrected chi connectivity index (χ4v) is 2.67. The highest BCUT2D eigenvalue weighted by Crippen LogP contribution is 2.28. The maximum absolute atomic E-state index is 3.69. The van der Waals surface area contributed by atoms with Crippen molar-refractivity contribution in [2.75, 3.05) is 0 Å². The third kappa shape index (κ3) is 3.59. The Morgan fingerprint density at radius 2 is 2.12 bits per heavy atom. The first-order valence-electron chi connectivity index (χ1n) is 6.52. The minimum atomic E-state index is 0.666. The van der Waals surface area contributed by atoms with Crippen molar-refractivity contribution in [3.63, 3.8) is 0 Å². The highest BCUT2D eigenvalue weighted by atomic mass is 14.9. The standard InChI is InChI=1S/C16H21N/c1-2-3-10-15-11-7-12-16(15)17-13-14-8-5-4-6-9-14/h3-6,8-9,15-17H,1,7,10-13H2/t15-,16+/m0/s1. The molecule has 1 aromatic carbocycles. The minimum Gasteiger partial charge on any atom is -0.310 e. The monoisotopic (exact) mass is 227 g/mol. The molecular formula is C16H21N. The van der Waals surface area contributed by atoms with Crippen molar-refractivity contribution in [2.24, 2.45) is 5.92 Å². The van der Waals surface area contributed by atoms with Crippen molar-refractivity contribution in [1.29, 1.82) is 0 Å². The summed E-state index contributed by atoms with van der Waals surface area (Å²) in [6.45, 7) is 4.63. The number of nitrogens with one attached hydrogen (secondary N) is 1. The molecule has 1 saturated carbocycles. The molecule has 1 aromatic rings. The van der Waals surface area contributed by atoms with Gasteiger partial charge in [0.05, 0.1) is 0 Å². The van der Waals surface area contributed by atoms with Gasteiger partial charge >= 0.3 is 0 Å². The van der Waals surface area contributed by atoms with Crippen LogP contribution in [0.4, 0.5) is 0 Å². The smallest absolute Gasteiger partial charge is 0.0208 e. The van der Waals surface area contributed by atoms with Crippen LogP contribution >= 0.6 is 0 Å². The van der Waals surface area contributed by atoms with Gasteiger partial charge in [-0.25, -0.2) is 0 Å². The summed E-state index contributed by atoms with van der Waals surface area (Å²) >= 11 is 0. The van der Waals surface area contributed by atoms with E-state index in [1.807, 2.05) is 0 Å². The molecule has 0 aromatic heterocycles. The van der Waals surface area contributed by atoms with Crippen LogP contribution in [0, 0.1) is 5.92 Å². The van der Waals surface area contributed by atoms with E-state index in [0.29, 0.717) is 6.04 Å². The lowest BCUT2D eigenvalue weighted by Gasteiger charge is -2.19. The van der Waals surface area contributed by atoms with Crippen molar-refractivity contribution < 1.29 is 0 Å². The summed E-state index contributed by atoms with van der Waals surface area (Å²) in [7, 11) is 0. The van der Waals surface area contributed by atoms with E-state index in [1.165, 1.54) is 24.8 Å². The normalized spacial score (nSPS) is 23.3. The van der Waals surface area contributed by atoms with Crippen molar-refractivity contribution >= 4 is 0 Å². The second kappa shape index (κ2) is 6.44. The van der Waals surface area contributed by atoms with E-state index >= 15 is 0 Å². The van der Waals surface area contributed by atoms with E-state index in [0.717, 1.165) is 18.9 Å². The Labute approximate surface area is 104 Å². The Balaban J connectivity index is 1.83. The van der Waals surface area contributed by atoms with Gasteiger partial charge < -0.3 is 5.32 Å². The Morgan fingerprint density at radius 3 is 2.88 bits per heavy atom. The summed E-state index contributed by atoms with van der Waals surface area (Å²) in [4.78, 5) is 0. The van der Waals surface area contributed by atoms with E-state index in [2.05, 4.69) is 54.0 Å². The molecular weight excluding hydrogens is 206 g/mol. The largest absolute Gasteiger partial charge is 0.310 e. The molecule has 0 heterocycles. The third-order valence-corrected chi connectivity index (χ3v) is 3.64. The van der Waals surface area contributed by atoms with Crippen LogP contribution in [0.2, 0.25) is 0 Å². The van der Waals surface area contributed by atoms with Crippen LogP contribution in [0.5, 0.6) is 0 Å². The van der Waals surface area contributed by atoms with E-state index in [4.69, 9.17) is 0 Å². The average Bonchev–Trinajstić information content (AvgIpc) is 2.82. The van der Waals surface area contributed by atoms with Crippen molar-refractivity contribution in [1.82, 2.24) is 5.32 Å². The van der Waals surface area contributed by atoms with E-state index in [9.17, 15) is 0 Å². The molecule has 1 fully saturated rings. The number of rotatable bonds is 5. The van der Waals surface area contributed by atoms with Crippen LogP contribution in [-0.4, -0.2) is 6.04 Å². The maximum Gasteiger partial charge on any atom is 0.0208 e. The second-order valence-electron chi connectivity index (χ2n) is 4.81. The quantitative estimate of drug-likeness (QED) is 0.757. The van der Waals surface area contributed by atoms with Crippen molar-refractivity contribution in [3.05, 3.63) is 54.3 Å². The van der Waals surface area contributed by atoms with Gasteiger partial charge in [-0.15, -0.1) is 5.73 Å². The summed E-state index contributed by atoms with van der Waals surface area (Å²) in [5.41, 5.74) is 4.26. The molecule has 1 aliphatic rings. The average molecular weight is 227 g/mol. The molecule has 0 spiro atoms. The van der Waals surface area contributed by atoms with E-state index in [1.54, 1.807) is 0 Å². The van der Waals surface area contributed by atoms with Crippen molar-refractivity contribution in [3.8, 4) is 0 Å². The molecule has 0 aliphatic heterocycles. The summed E-state index contributed by atoms with van der Waals surface area (Å²) in [5, 5.41) is 3.69. The van der Waals surface area contributed by atoms with Gasteiger partial charge in [0, 0.05) is 12.6 Å². The molecule has 2 atom stereocenters. The Bertz CT molecular complexity index is 376. The zero-order valence-electron chi connectivity index (χ0n) is 10.4. The van der Waals surface area contributed by atoms with Crippen LogP contribution in [0.1, 0.15) is 31.2 Å². The summed E-state index contributed by atoms with van der Waals surface area (Å²) in [5.74, 6) is 0.771. The number of hydrogen-bond acceptors (Lipinski definition) is 1. The molecule has 1 heteroatoms. The molecule has 0 bridgehead atoms. The van der Waals surface area contributed by atoms with Gasteiger partial charge in [0.15, 0.2) is 0 Å². The van der Waals surface area contributed by atoms with Crippen LogP contribution in [0.15, 0.2) is 48.7 Å². The van der Waals surface area contributed by atoms with Gasteiger partial charge in [-0.2, -0.15) is 0 Å². The molecule has 0 amide bonds. The third-order valence-electron chi connectivity index (χ3n) is 3.64. The number of allylic oxidation sites excluding steroid dienone is 1. The molecule has 0 saturated heterocycles. The molecule has 17 heavy (non-hydrogen) atoms. The van der Waals surface area contributed by atoms with Gasteiger partial charge in [0.25, 0.3) is 0 Å². The molecule has 90 valence electrons. The Morgan fingerprint density at radius 1 is 1.29 bits per heavy atom. The SMILES string of the molecule is C=C=CC[C@H]1CCC[C@H]1NCc1ccccc1. The van der Waals surface area contributed by atoms with Crippen LogP contribution in [0.3, 0.4) is 0 Å². The van der Waals surface area contributed by atoms with Gasteiger partial charge in [-0.3, -0.25) is 0 Å². The topological polar surface area (TPSA) is 12.0 Å². The highest BCUT2D eigenvalue weighted by Gasteiger charge is 2.25. The van der Waals surface area contributed by atoms with Crippen LogP contribution in [0.25, 0.3) is 0 Å². The first kappa shape index (κ1) is 12.2. The maximum atomic E-state index is 3.69. The van der Waals surface area contributed by atoms with Gasteiger partial charge in [-0.1, -0.05) is 43.3 Å². The lowest BCUT2D eigenvalue weighted by atomic mass is 9.99. The van der Waals surface area contributed by atoms with E-state index in [-0.39, 0.29) is 0 Å². The lowest BCUT2D eigenvalue weighted by Crippen LogP contribution is -2.31. The Hall–Kier alpha value is -1.30. The minimum absolute atomic E-state index is 0.666. The highest BCUT2D eigenvalue weighted by molar-refractivity contribution is 5.14. The van der Waals surface area contributed by atoms with Crippen molar-refractivity contribution in [2.45, 2.75) is 38.3 Å². The molecule has 1 aliphatic carbocycles.